The van der Waals surface area contributed by atoms with E-state index in [4.69, 9.17) is 9.84 Å². The highest BCUT2D eigenvalue weighted by atomic mass is 19.1. The lowest BCUT2D eigenvalue weighted by atomic mass is 9.98. The molecule has 0 saturated heterocycles. The highest BCUT2D eigenvalue weighted by Crippen LogP contribution is 2.38. The van der Waals surface area contributed by atoms with Gasteiger partial charge in [0.15, 0.2) is 11.6 Å². The summed E-state index contributed by atoms with van der Waals surface area (Å²) in [6.07, 6.45) is 1.60. The van der Waals surface area contributed by atoms with Crippen molar-refractivity contribution < 1.29 is 19.0 Å². The van der Waals surface area contributed by atoms with Crippen LogP contribution in [-0.2, 0) is 17.8 Å². The number of halogens is 1. The molecule has 6 heteroatoms. The molecule has 5 nitrogen and oxygen atoms in total. The fourth-order valence-corrected chi connectivity index (χ4v) is 3.85. The van der Waals surface area contributed by atoms with E-state index in [1.807, 2.05) is 73.1 Å². The molecule has 0 amide bonds. The molecule has 0 aliphatic rings. The minimum absolute atomic E-state index is 0.0677. The van der Waals surface area contributed by atoms with E-state index in [1.54, 1.807) is 6.20 Å². The van der Waals surface area contributed by atoms with Gasteiger partial charge in [-0.25, -0.2) is 4.39 Å². The minimum Gasteiger partial charge on any atom is -0.482 e. The van der Waals surface area contributed by atoms with E-state index < -0.39 is 11.8 Å². The zero-order valence-corrected chi connectivity index (χ0v) is 18.1. The summed E-state index contributed by atoms with van der Waals surface area (Å²) in [6.45, 7) is 4.66. The monoisotopic (exact) mass is 432 g/mol. The van der Waals surface area contributed by atoms with Gasteiger partial charge < -0.3 is 9.84 Å². The van der Waals surface area contributed by atoms with Crippen molar-refractivity contribution in [2.24, 2.45) is 0 Å². The molecule has 0 spiro atoms. The van der Waals surface area contributed by atoms with Gasteiger partial charge in [-0.1, -0.05) is 36.4 Å². The van der Waals surface area contributed by atoms with Crippen molar-refractivity contribution in [1.29, 1.82) is 0 Å². The van der Waals surface area contributed by atoms with Gasteiger partial charge in [-0.3, -0.25) is 9.48 Å². The predicted octanol–water partition coefficient (Wildman–Crippen LogP) is 6.02. The molecule has 164 valence electrons. The average molecular weight is 432 g/mol. The van der Waals surface area contributed by atoms with Crippen LogP contribution in [0.25, 0.3) is 22.0 Å². The van der Waals surface area contributed by atoms with Crippen LogP contribution in [-0.4, -0.2) is 20.9 Å². The van der Waals surface area contributed by atoms with Crippen LogP contribution in [0.5, 0.6) is 5.75 Å². The van der Waals surface area contributed by atoms with E-state index in [0.717, 1.165) is 28.6 Å². The summed E-state index contributed by atoms with van der Waals surface area (Å²) in [7, 11) is 0. The molecule has 0 saturated carbocycles. The van der Waals surface area contributed by atoms with Crippen molar-refractivity contribution in [3.05, 3.63) is 83.8 Å². The second-order valence-corrected chi connectivity index (χ2v) is 7.75. The van der Waals surface area contributed by atoms with Gasteiger partial charge in [-0.15, -0.1) is 0 Å². The van der Waals surface area contributed by atoms with Gasteiger partial charge in [-0.2, -0.15) is 5.10 Å². The number of aromatic nitrogens is 2. The molecule has 4 rings (SSSR count). The molecule has 0 radical (unpaired) electrons. The smallest absolute Gasteiger partial charge is 0.303 e. The van der Waals surface area contributed by atoms with Gasteiger partial charge in [0.2, 0.25) is 0 Å². The fraction of sp³-hybridized carbons (Fsp3) is 0.231. The lowest BCUT2D eigenvalue weighted by Gasteiger charge is -2.20. The first-order valence-electron chi connectivity index (χ1n) is 10.7. The normalized spacial score (nSPS) is 12.1. The van der Waals surface area contributed by atoms with Gasteiger partial charge in [0.05, 0.1) is 11.7 Å². The maximum absolute atomic E-state index is 15.3. The largest absolute Gasteiger partial charge is 0.482 e. The third kappa shape index (κ3) is 4.49. The van der Waals surface area contributed by atoms with Crippen LogP contribution in [0.3, 0.4) is 0 Å². The van der Waals surface area contributed by atoms with E-state index in [0.29, 0.717) is 11.1 Å². The SMILES string of the molecule is CCn1ncc2cc(-c3cc(CCC(=O)O)cc(F)c3OC(C)c3ccccc3)ccc21. The highest BCUT2D eigenvalue weighted by molar-refractivity contribution is 5.86. The van der Waals surface area contributed by atoms with Crippen molar-refractivity contribution in [3.8, 4) is 16.9 Å². The zero-order valence-electron chi connectivity index (χ0n) is 18.1. The standard InChI is InChI=1S/C26H25FN2O3/c1-3-29-24-11-10-20(15-21(24)16-28-29)22-13-18(9-12-25(30)31)14-23(27)26(22)32-17(2)19-7-5-4-6-8-19/h4-8,10-11,13-17H,3,9,12H2,1-2H3,(H,30,31). The van der Waals surface area contributed by atoms with Crippen molar-refractivity contribution >= 4 is 16.9 Å². The Morgan fingerprint density at radius 2 is 1.94 bits per heavy atom. The first-order chi connectivity index (χ1) is 15.5. The molecular weight excluding hydrogens is 407 g/mol. The summed E-state index contributed by atoms with van der Waals surface area (Å²) in [5.41, 5.74) is 3.94. The molecule has 32 heavy (non-hydrogen) atoms. The van der Waals surface area contributed by atoms with Crippen molar-refractivity contribution in [3.63, 3.8) is 0 Å². The summed E-state index contributed by atoms with van der Waals surface area (Å²) in [5.74, 6) is -1.27. The molecule has 1 heterocycles. The summed E-state index contributed by atoms with van der Waals surface area (Å²) in [5, 5.41) is 14.4. The van der Waals surface area contributed by atoms with Crippen LogP contribution in [0.2, 0.25) is 0 Å². The van der Waals surface area contributed by atoms with Crippen LogP contribution < -0.4 is 4.74 Å². The fourth-order valence-electron chi connectivity index (χ4n) is 3.85. The number of carbonyl (C=O) groups is 1. The molecule has 0 aliphatic heterocycles. The molecule has 1 N–H and O–H groups in total. The molecule has 1 unspecified atom stereocenters. The van der Waals surface area contributed by atoms with E-state index in [1.165, 1.54) is 6.07 Å². The number of rotatable bonds is 8. The van der Waals surface area contributed by atoms with Gasteiger partial charge in [0.25, 0.3) is 0 Å². The van der Waals surface area contributed by atoms with Gasteiger partial charge in [-0.05, 0) is 61.2 Å². The van der Waals surface area contributed by atoms with Crippen molar-refractivity contribution in [1.82, 2.24) is 9.78 Å². The number of hydrogen-bond acceptors (Lipinski definition) is 3. The number of aryl methyl sites for hydroxylation is 2. The van der Waals surface area contributed by atoms with Crippen LogP contribution in [0.4, 0.5) is 4.39 Å². The second kappa shape index (κ2) is 9.22. The molecular formula is C26H25FN2O3. The Morgan fingerprint density at radius 1 is 1.16 bits per heavy atom. The molecule has 1 atom stereocenters. The highest BCUT2D eigenvalue weighted by Gasteiger charge is 2.19. The second-order valence-electron chi connectivity index (χ2n) is 7.75. The van der Waals surface area contributed by atoms with Gasteiger partial charge in [0, 0.05) is 23.9 Å². The Labute approximate surface area is 186 Å². The van der Waals surface area contributed by atoms with Crippen molar-refractivity contribution in [2.45, 2.75) is 39.3 Å². The molecule has 3 aromatic carbocycles. The quantitative estimate of drug-likeness (QED) is 0.370. The topological polar surface area (TPSA) is 64.4 Å². The maximum Gasteiger partial charge on any atom is 0.303 e. The zero-order chi connectivity index (χ0) is 22.7. The van der Waals surface area contributed by atoms with Gasteiger partial charge >= 0.3 is 5.97 Å². The maximum atomic E-state index is 15.3. The molecule has 4 aromatic rings. The van der Waals surface area contributed by atoms with Crippen LogP contribution in [0.15, 0.2) is 66.9 Å². The summed E-state index contributed by atoms with van der Waals surface area (Å²) in [4.78, 5) is 11.0. The predicted molar refractivity (Wildman–Crippen MR) is 122 cm³/mol. The summed E-state index contributed by atoms with van der Waals surface area (Å²) < 4.78 is 23.3. The first kappa shape index (κ1) is 21.6. The number of aliphatic carboxylic acids is 1. The molecule has 0 bridgehead atoms. The van der Waals surface area contributed by atoms with Crippen molar-refractivity contribution in [2.75, 3.05) is 0 Å². The lowest BCUT2D eigenvalue weighted by molar-refractivity contribution is -0.136. The molecule has 0 fully saturated rings. The Balaban J connectivity index is 1.79. The Morgan fingerprint density at radius 3 is 2.66 bits per heavy atom. The number of carboxylic acids is 1. The Kier molecular flexibility index (Phi) is 6.21. The molecule has 0 aliphatic carbocycles. The van der Waals surface area contributed by atoms with Gasteiger partial charge in [0.1, 0.15) is 6.10 Å². The van der Waals surface area contributed by atoms with Crippen LogP contribution >= 0.6 is 0 Å². The van der Waals surface area contributed by atoms with E-state index in [9.17, 15) is 4.79 Å². The Hall–Kier alpha value is -3.67. The van der Waals surface area contributed by atoms with E-state index in [2.05, 4.69) is 5.10 Å². The number of hydrogen-bond donors (Lipinski definition) is 1. The number of ether oxygens (including phenoxy) is 1. The number of benzene rings is 3. The third-order valence-electron chi connectivity index (χ3n) is 5.55. The van der Waals surface area contributed by atoms with Crippen LogP contribution in [0.1, 0.15) is 37.5 Å². The minimum atomic E-state index is -0.918. The number of nitrogens with zero attached hydrogens (tertiary/aromatic N) is 2. The van der Waals surface area contributed by atoms with E-state index in [-0.39, 0.29) is 24.7 Å². The summed E-state index contributed by atoms with van der Waals surface area (Å²) in [6, 6.07) is 18.7. The molecule has 1 aromatic heterocycles. The van der Waals surface area contributed by atoms with E-state index >= 15 is 4.39 Å². The van der Waals surface area contributed by atoms with Crippen LogP contribution in [0, 0.1) is 5.82 Å². The summed E-state index contributed by atoms with van der Waals surface area (Å²) >= 11 is 0. The first-order valence-corrected chi connectivity index (χ1v) is 10.7. The number of fused-ring (bicyclic) bond motifs is 1. The Bertz CT molecular complexity index is 1250. The average Bonchev–Trinajstić information content (AvgIpc) is 3.22. The number of carboxylic acid groups (broad SMARTS) is 1. The lowest BCUT2D eigenvalue weighted by Crippen LogP contribution is -2.06. The third-order valence-corrected chi connectivity index (χ3v) is 5.55.